The van der Waals surface area contributed by atoms with Crippen LogP contribution in [-0.4, -0.2) is 28.5 Å². The van der Waals surface area contributed by atoms with Gasteiger partial charge in [0.2, 0.25) is 5.91 Å². The third-order valence-corrected chi connectivity index (χ3v) is 4.52. The van der Waals surface area contributed by atoms with E-state index in [2.05, 4.69) is 10.3 Å². The monoisotopic (exact) mass is 346 g/mol. The van der Waals surface area contributed by atoms with Crippen molar-refractivity contribution in [1.82, 2.24) is 10.3 Å². The number of aliphatic carboxylic acids is 1. The molecule has 6 heteroatoms. The molecule has 2 rings (SSSR count). The van der Waals surface area contributed by atoms with E-state index in [1.165, 1.54) is 5.56 Å². The molecular formula is C18H22N2O3S. The minimum absolute atomic E-state index is 0.0472. The number of carboxylic acid groups (broad SMARTS) is 1. The average molecular weight is 346 g/mol. The van der Waals surface area contributed by atoms with Crippen molar-refractivity contribution in [3.63, 3.8) is 0 Å². The van der Waals surface area contributed by atoms with Crippen molar-refractivity contribution in [2.45, 2.75) is 39.0 Å². The number of benzene rings is 1. The Morgan fingerprint density at radius 3 is 2.62 bits per heavy atom. The number of carbonyl (C=O) groups excluding carboxylic acids is 1. The Bertz CT molecular complexity index is 680. The highest BCUT2D eigenvalue weighted by Crippen LogP contribution is 2.24. The molecule has 128 valence electrons. The van der Waals surface area contributed by atoms with Gasteiger partial charge in [0.1, 0.15) is 5.01 Å². The van der Waals surface area contributed by atoms with Gasteiger partial charge >= 0.3 is 5.97 Å². The van der Waals surface area contributed by atoms with Crippen LogP contribution < -0.4 is 5.32 Å². The summed E-state index contributed by atoms with van der Waals surface area (Å²) in [5, 5.41) is 14.2. The first kappa shape index (κ1) is 18.1. The molecule has 1 amide bonds. The number of amides is 1. The van der Waals surface area contributed by atoms with Crippen molar-refractivity contribution in [3.05, 3.63) is 40.9 Å². The van der Waals surface area contributed by atoms with E-state index in [1.807, 2.05) is 36.6 Å². The quantitative estimate of drug-likeness (QED) is 0.682. The van der Waals surface area contributed by atoms with Gasteiger partial charge in [-0.1, -0.05) is 36.2 Å². The lowest BCUT2D eigenvalue weighted by molar-refractivity contribution is -0.137. The van der Waals surface area contributed by atoms with E-state index >= 15 is 0 Å². The van der Waals surface area contributed by atoms with Crippen LogP contribution in [0.3, 0.4) is 0 Å². The zero-order chi connectivity index (χ0) is 17.4. The van der Waals surface area contributed by atoms with Crippen LogP contribution >= 0.6 is 11.3 Å². The van der Waals surface area contributed by atoms with E-state index in [0.717, 1.165) is 29.1 Å². The molecule has 0 saturated carbocycles. The predicted octanol–water partition coefficient (Wildman–Crippen LogP) is 3.42. The van der Waals surface area contributed by atoms with E-state index in [4.69, 9.17) is 5.11 Å². The maximum Gasteiger partial charge on any atom is 0.303 e. The molecule has 0 aliphatic heterocycles. The average Bonchev–Trinajstić information content (AvgIpc) is 2.99. The zero-order valence-electron chi connectivity index (χ0n) is 13.7. The molecule has 0 radical (unpaired) electrons. The Kier molecular flexibility index (Phi) is 6.93. The summed E-state index contributed by atoms with van der Waals surface area (Å²) < 4.78 is 0. The molecule has 1 heterocycles. The Balaban J connectivity index is 1.72. The maximum absolute atomic E-state index is 11.9. The van der Waals surface area contributed by atoms with Crippen LogP contribution in [0.5, 0.6) is 0 Å². The molecule has 1 aromatic heterocycles. The lowest BCUT2D eigenvalue weighted by Crippen LogP contribution is -2.26. The summed E-state index contributed by atoms with van der Waals surface area (Å²) in [7, 11) is 0. The van der Waals surface area contributed by atoms with Crippen molar-refractivity contribution in [2.75, 3.05) is 6.54 Å². The van der Waals surface area contributed by atoms with Gasteiger partial charge in [-0.2, -0.15) is 0 Å². The largest absolute Gasteiger partial charge is 0.481 e. The number of aromatic nitrogens is 1. The molecule has 0 unspecified atom stereocenters. The van der Waals surface area contributed by atoms with Crippen molar-refractivity contribution in [2.24, 2.45) is 0 Å². The molecule has 0 aliphatic carbocycles. The topological polar surface area (TPSA) is 79.3 Å². The second kappa shape index (κ2) is 9.17. The molecule has 0 fully saturated rings. The first-order chi connectivity index (χ1) is 11.5. The minimum Gasteiger partial charge on any atom is -0.481 e. The van der Waals surface area contributed by atoms with Crippen LogP contribution in [0, 0.1) is 6.92 Å². The van der Waals surface area contributed by atoms with E-state index in [9.17, 15) is 9.59 Å². The van der Waals surface area contributed by atoms with Gasteiger partial charge in [0.05, 0.1) is 12.1 Å². The van der Waals surface area contributed by atoms with Crippen LogP contribution in [0.15, 0.2) is 29.6 Å². The number of rotatable bonds is 9. The molecule has 0 aliphatic rings. The summed E-state index contributed by atoms with van der Waals surface area (Å²) in [5.74, 6) is -0.819. The van der Waals surface area contributed by atoms with Gasteiger partial charge in [0, 0.05) is 23.9 Å². The molecule has 24 heavy (non-hydrogen) atoms. The molecule has 0 atom stereocenters. The molecule has 5 nitrogen and oxygen atoms in total. The number of unbranched alkanes of at least 4 members (excludes halogenated alkanes) is 2. The van der Waals surface area contributed by atoms with Crippen LogP contribution in [0.1, 0.15) is 36.9 Å². The summed E-state index contributed by atoms with van der Waals surface area (Å²) in [6.07, 6.45) is 2.72. The third kappa shape index (κ3) is 6.12. The van der Waals surface area contributed by atoms with Gasteiger partial charge in [0.15, 0.2) is 0 Å². The molecule has 0 saturated heterocycles. The van der Waals surface area contributed by atoms with E-state index in [0.29, 0.717) is 13.0 Å². The van der Waals surface area contributed by atoms with Crippen molar-refractivity contribution in [1.29, 1.82) is 0 Å². The van der Waals surface area contributed by atoms with Crippen LogP contribution in [0.25, 0.3) is 10.6 Å². The summed E-state index contributed by atoms with van der Waals surface area (Å²) in [5.41, 5.74) is 3.05. The standard InChI is InChI=1S/C18H22N2O3S/c1-13-6-8-14(9-7-13)18-20-15(12-24-18)11-16(21)19-10-4-2-3-5-17(22)23/h6-9,12H,2-5,10-11H2,1H3,(H,19,21)(H,22,23). The summed E-state index contributed by atoms with van der Waals surface area (Å²) >= 11 is 1.54. The van der Waals surface area contributed by atoms with E-state index < -0.39 is 5.97 Å². The number of aryl methyl sites for hydroxylation is 1. The zero-order valence-corrected chi connectivity index (χ0v) is 14.6. The molecule has 0 spiro atoms. The second-order valence-electron chi connectivity index (χ2n) is 5.74. The fraction of sp³-hybridized carbons (Fsp3) is 0.389. The first-order valence-electron chi connectivity index (χ1n) is 8.04. The number of hydrogen-bond acceptors (Lipinski definition) is 4. The fourth-order valence-corrected chi connectivity index (χ4v) is 3.08. The maximum atomic E-state index is 11.9. The number of nitrogens with one attached hydrogen (secondary N) is 1. The SMILES string of the molecule is Cc1ccc(-c2nc(CC(=O)NCCCCCC(=O)O)cs2)cc1. The van der Waals surface area contributed by atoms with Crippen molar-refractivity contribution >= 4 is 23.2 Å². The Morgan fingerprint density at radius 1 is 1.17 bits per heavy atom. The number of carboxylic acids is 1. The van der Waals surface area contributed by atoms with E-state index in [-0.39, 0.29) is 18.7 Å². The van der Waals surface area contributed by atoms with Gasteiger partial charge in [-0.05, 0) is 19.8 Å². The molecule has 2 N–H and O–H groups in total. The van der Waals surface area contributed by atoms with Gasteiger partial charge in [0.25, 0.3) is 0 Å². The minimum atomic E-state index is -0.771. The summed E-state index contributed by atoms with van der Waals surface area (Å²) in [6, 6.07) is 8.17. The number of hydrogen-bond donors (Lipinski definition) is 2. The lowest BCUT2D eigenvalue weighted by Gasteiger charge is -2.03. The van der Waals surface area contributed by atoms with Crippen LogP contribution in [0.2, 0.25) is 0 Å². The van der Waals surface area contributed by atoms with E-state index in [1.54, 1.807) is 11.3 Å². The molecule has 1 aromatic carbocycles. The van der Waals surface area contributed by atoms with Gasteiger partial charge in [-0.3, -0.25) is 9.59 Å². The molecule has 2 aromatic rings. The second-order valence-corrected chi connectivity index (χ2v) is 6.60. The van der Waals surface area contributed by atoms with Crippen LogP contribution in [0.4, 0.5) is 0 Å². The number of nitrogens with zero attached hydrogens (tertiary/aromatic N) is 1. The highest BCUT2D eigenvalue weighted by atomic mass is 32.1. The lowest BCUT2D eigenvalue weighted by atomic mass is 10.2. The Morgan fingerprint density at radius 2 is 1.92 bits per heavy atom. The normalized spacial score (nSPS) is 10.5. The molecular weight excluding hydrogens is 324 g/mol. The van der Waals surface area contributed by atoms with Crippen LogP contribution in [-0.2, 0) is 16.0 Å². The highest BCUT2D eigenvalue weighted by molar-refractivity contribution is 7.13. The van der Waals surface area contributed by atoms with Crippen molar-refractivity contribution < 1.29 is 14.7 Å². The number of carbonyl (C=O) groups is 2. The summed E-state index contributed by atoms with van der Waals surface area (Å²) in [4.78, 5) is 26.8. The third-order valence-electron chi connectivity index (χ3n) is 3.58. The van der Waals surface area contributed by atoms with Gasteiger partial charge in [-0.15, -0.1) is 11.3 Å². The smallest absolute Gasteiger partial charge is 0.303 e. The Hall–Kier alpha value is -2.21. The summed E-state index contributed by atoms with van der Waals surface area (Å²) in [6.45, 7) is 2.62. The van der Waals surface area contributed by atoms with Gasteiger partial charge in [-0.25, -0.2) is 4.98 Å². The van der Waals surface area contributed by atoms with Crippen molar-refractivity contribution in [3.8, 4) is 10.6 Å². The fourth-order valence-electron chi connectivity index (χ4n) is 2.25. The Labute approximate surface area is 145 Å². The highest BCUT2D eigenvalue weighted by Gasteiger charge is 2.08. The van der Waals surface area contributed by atoms with Gasteiger partial charge < -0.3 is 10.4 Å². The molecule has 0 bridgehead atoms. The number of thiazole rings is 1. The predicted molar refractivity (Wildman–Crippen MR) is 95.1 cm³/mol. The first-order valence-corrected chi connectivity index (χ1v) is 8.92.